The minimum absolute atomic E-state index is 0.0638. The molecular weight excluding hydrogens is 242 g/mol. The van der Waals surface area contributed by atoms with Crippen LogP contribution in [-0.2, 0) is 11.3 Å². The normalized spacial score (nSPS) is 13.9. The van der Waals surface area contributed by atoms with Gasteiger partial charge in [0.2, 0.25) is 0 Å². The minimum Gasteiger partial charge on any atom is -0.396 e. The van der Waals surface area contributed by atoms with Gasteiger partial charge in [0.25, 0.3) is 5.91 Å². The lowest BCUT2D eigenvalue weighted by Gasteiger charge is -2.29. The third kappa shape index (κ3) is 4.65. The average molecular weight is 265 g/mol. The molecule has 1 atom stereocenters. The van der Waals surface area contributed by atoms with E-state index in [9.17, 15) is 4.79 Å². The SMILES string of the molecule is CCC(C)(CCO)NC(=O)c1cccc(COC)c1. The van der Waals surface area contributed by atoms with Crippen LogP contribution in [0.2, 0.25) is 0 Å². The van der Waals surface area contributed by atoms with Crippen molar-refractivity contribution in [1.82, 2.24) is 5.32 Å². The van der Waals surface area contributed by atoms with Gasteiger partial charge in [0.15, 0.2) is 0 Å². The van der Waals surface area contributed by atoms with E-state index in [0.29, 0.717) is 18.6 Å². The van der Waals surface area contributed by atoms with Crippen LogP contribution in [0.1, 0.15) is 42.6 Å². The Bertz CT molecular complexity index is 420. The number of carbonyl (C=O) groups excluding carboxylic acids is 1. The molecule has 0 aliphatic carbocycles. The Morgan fingerprint density at radius 3 is 2.79 bits per heavy atom. The lowest BCUT2D eigenvalue weighted by Crippen LogP contribution is -2.46. The van der Waals surface area contributed by atoms with E-state index in [1.165, 1.54) is 0 Å². The number of ether oxygens (including phenoxy) is 1. The number of aliphatic hydroxyl groups excluding tert-OH is 1. The van der Waals surface area contributed by atoms with Crippen molar-refractivity contribution in [3.8, 4) is 0 Å². The molecule has 0 aliphatic heterocycles. The van der Waals surface area contributed by atoms with E-state index in [2.05, 4.69) is 5.32 Å². The second-order valence-corrected chi connectivity index (χ2v) is 4.98. The van der Waals surface area contributed by atoms with Crippen LogP contribution in [0.3, 0.4) is 0 Å². The summed E-state index contributed by atoms with van der Waals surface area (Å²) in [7, 11) is 1.63. The van der Waals surface area contributed by atoms with Crippen LogP contribution >= 0.6 is 0 Å². The molecule has 0 aliphatic rings. The first-order valence-electron chi connectivity index (χ1n) is 6.56. The van der Waals surface area contributed by atoms with Crippen LogP contribution in [0.4, 0.5) is 0 Å². The Balaban J connectivity index is 2.79. The van der Waals surface area contributed by atoms with Gasteiger partial charge in [0.05, 0.1) is 6.61 Å². The highest BCUT2D eigenvalue weighted by atomic mass is 16.5. The predicted molar refractivity (Wildman–Crippen MR) is 75.0 cm³/mol. The lowest BCUT2D eigenvalue weighted by atomic mass is 9.94. The summed E-state index contributed by atoms with van der Waals surface area (Å²) in [5.74, 6) is -0.115. The van der Waals surface area contributed by atoms with E-state index in [-0.39, 0.29) is 18.1 Å². The number of rotatable bonds is 7. The molecule has 1 amide bonds. The van der Waals surface area contributed by atoms with Gasteiger partial charge in [-0.25, -0.2) is 0 Å². The second kappa shape index (κ2) is 7.26. The van der Waals surface area contributed by atoms with E-state index in [4.69, 9.17) is 9.84 Å². The van der Waals surface area contributed by atoms with Crippen LogP contribution in [-0.4, -0.2) is 30.3 Å². The average Bonchev–Trinajstić information content (AvgIpc) is 2.39. The number of carbonyl (C=O) groups is 1. The van der Waals surface area contributed by atoms with Gasteiger partial charge in [-0.05, 0) is 37.5 Å². The molecule has 1 unspecified atom stereocenters. The first-order valence-corrected chi connectivity index (χ1v) is 6.56. The molecule has 1 aromatic rings. The Kier molecular flexibility index (Phi) is 5.99. The van der Waals surface area contributed by atoms with Crippen molar-refractivity contribution in [3.05, 3.63) is 35.4 Å². The van der Waals surface area contributed by atoms with Gasteiger partial charge in [-0.1, -0.05) is 19.1 Å². The number of amides is 1. The highest BCUT2D eigenvalue weighted by Crippen LogP contribution is 2.15. The zero-order valence-corrected chi connectivity index (χ0v) is 11.9. The number of nitrogens with one attached hydrogen (secondary N) is 1. The van der Waals surface area contributed by atoms with Gasteiger partial charge in [-0.15, -0.1) is 0 Å². The van der Waals surface area contributed by atoms with Crippen molar-refractivity contribution in [2.45, 2.75) is 38.8 Å². The third-order valence-corrected chi connectivity index (χ3v) is 3.36. The molecule has 19 heavy (non-hydrogen) atoms. The number of hydrogen-bond acceptors (Lipinski definition) is 3. The first-order chi connectivity index (χ1) is 9.04. The summed E-state index contributed by atoms with van der Waals surface area (Å²) in [6.07, 6.45) is 1.32. The van der Waals surface area contributed by atoms with E-state index in [1.807, 2.05) is 32.0 Å². The van der Waals surface area contributed by atoms with Crippen LogP contribution in [0.25, 0.3) is 0 Å². The van der Waals surface area contributed by atoms with E-state index >= 15 is 0 Å². The molecule has 0 radical (unpaired) electrons. The highest BCUT2D eigenvalue weighted by Gasteiger charge is 2.24. The molecule has 0 heterocycles. The number of hydrogen-bond donors (Lipinski definition) is 2. The summed E-state index contributed by atoms with van der Waals surface area (Å²) >= 11 is 0. The first kappa shape index (κ1) is 15.7. The number of methoxy groups -OCH3 is 1. The molecule has 0 saturated carbocycles. The van der Waals surface area contributed by atoms with Crippen LogP contribution in [0.5, 0.6) is 0 Å². The zero-order valence-electron chi connectivity index (χ0n) is 11.9. The molecule has 0 spiro atoms. The van der Waals surface area contributed by atoms with Crippen molar-refractivity contribution >= 4 is 5.91 Å². The summed E-state index contributed by atoms with van der Waals surface area (Å²) in [6.45, 7) is 4.49. The summed E-state index contributed by atoms with van der Waals surface area (Å²) in [4.78, 5) is 12.2. The summed E-state index contributed by atoms with van der Waals surface area (Å²) in [6, 6.07) is 7.38. The molecule has 0 bridgehead atoms. The van der Waals surface area contributed by atoms with Crippen molar-refractivity contribution in [2.24, 2.45) is 0 Å². The molecule has 4 nitrogen and oxygen atoms in total. The largest absolute Gasteiger partial charge is 0.396 e. The molecule has 1 rings (SSSR count). The van der Waals surface area contributed by atoms with Gasteiger partial charge < -0.3 is 15.2 Å². The van der Waals surface area contributed by atoms with Crippen molar-refractivity contribution in [3.63, 3.8) is 0 Å². The highest BCUT2D eigenvalue weighted by molar-refractivity contribution is 5.94. The van der Waals surface area contributed by atoms with Crippen LogP contribution in [0, 0.1) is 0 Å². The van der Waals surface area contributed by atoms with E-state index < -0.39 is 0 Å². The molecule has 0 saturated heterocycles. The Labute approximate surface area is 114 Å². The van der Waals surface area contributed by atoms with Gasteiger partial charge in [-0.3, -0.25) is 4.79 Å². The minimum atomic E-state index is -0.372. The van der Waals surface area contributed by atoms with E-state index in [0.717, 1.165) is 12.0 Å². The second-order valence-electron chi connectivity index (χ2n) is 4.98. The fourth-order valence-corrected chi connectivity index (χ4v) is 1.89. The predicted octanol–water partition coefficient (Wildman–Crippen LogP) is 2.11. The quantitative estimate of drug-likeness (QED) is 0.794. The van der Waals surface area contributed by atoms with Gasteiger partial charge in [-0.2, -0.15) is 0 Å². The molecular formula is C15H23NO3. The molecule has 0 aromatic heterocycles. The maximum absolute atomic E-state index is 12.2. The van der Waals surface area contributed by atoms with E-state index in [1.54, 1.807) is 13.2 Å². The molecule has 106 valence electrons. The Morgan fingerprint density at radius 1 is 1.47 bits per heavy atom. The number of benzene rings is 1. The lowest BCUT2D eigenvalue weighted by molar-refractivity contribution is 0.0886. The standard InChI is InChI=1S/C15H23NO3/c1-4-15(2,8-9-17)16-14(18)13-7-5-6-12(10-13)11-19-3/h5-7,10,17H,4,8-9,11H2,1-3H3,(H,16,18). The maximum Gasteiger partial charge on any atom is 0.251 e. The topological polar surface area (TPSA) is 58.6 Å². The maximum atomic E-state index is 12.2. The number of aliphatic hydroxyl groups is 1. The smallest absolute Gasteiger partial charge is 0.251 e. The zero-order chi connectivity index (χ0) is 14.3. The molecule has 1 aromatic carbocycles. The monoisotopic (exact) mass is 265 g/mol. The van der Waals surface area contributed by atoms with Crippen molar-refractivity contribution in [2.75, 3.05) is 13.7 Å². The third-order valence-electron chi connectivity index (χ3n) is 3.36. The fourth-order valence-electron chi connectivity index (χ4n) is 1.89. The van der Waals surface area contributed by atoms with Gasteiger partial charge in [0.1, 0.15) is 0 Å². The van der Waals surface area contributed by atoms with Crippen molar-refractivity contribution in [1.29, 1.82) is 0 Å². The summed E-state index contributed by atoms with van der Waals surface area (Å²) in [5, 5.41) is 12.1. The summed E-state index contributed by atoms with van der Waals surface area (Å²) in [5.41, 5.74) is 1.21. The Morgan fingerprint density at radius 2 is 2.21 bits per heavy atom. The van der Waals surface area contributed by atoms with Crippen LogP contribution < -0.4 is 5.32 Å². The Hall–Kier alpha value is -1.39. The van der Waals surface area contributed by atoms with Crippen molar-refractivity contribution < 1.29 is 14.6 Å². The fraction of sp³-hybridized carbons (Fsp3) is 0.533. The molecule has 2 N–H and O–H groups in total. The van der Waals surface area contributed by atoms with Gasteiger partial charge in [0, 0.05) is 24.8 Å². The summed E-state index contributed by atoms with van der Waals surface area (Å²) < 4.78 is 5.06. The molecule has 0 fully saturated rings. The van der Waals surface area contributed by atoms with Gasteiger partial charge >= 0.3 is 0 Å². The van der Waals surface area contributed by atoms with Crippen LogP contribution in [0.15, 0.2) is 24.3 Å². The molecule has 4 heteroatoms.